The van der Waals surface area contributed by atoms with Crippen LogP contribution in [0, 0.1) is 0 Å². The first kappa shape index (κ1) is 17.5. The Hall–Kier alpha value is -2.83. The smallest absolute Gasteiger partial charge is 0.370 e. The first-order valence-electron chi connectivity index (χ1n) is 7.11. The number of amides is 2. The second kappa shape index (κ2) is 7.16. The minimum Gasteiger partial charge on any atom is -0.370 e. The fourth-order valence-corrected chi connectivity index (χ4v) is 2.14. The van der Waals surface area contributed by atoms with E-state index in [0.717, 1.165) is 24.3 Å². The zero-order chi connectivity index (χ0) is 17.7. The van der Waals surface area contributed by atoms with Crippen molar-refractivity contribution in [2.75, 3.05) is 11.4 Å². The number of halogens is 3. The van der Waals surface area contributed by atoms with E-state index < -0.39 is 23.6 Å². The molecule has 2 amide bonds. The van der Waals surface area contributed by atoms with Gasteiger partial charge in [0.1, 0.15) is 0 Å². The Kier molecular flexibility index (Phi) is 5.23. The molecule has 0 aromatic heterocycles. The van der Waals surface area contributed by atoms with E-state index in [4.69, 9.17) is 5.73 Å². The molecule has 126 valence electrons. The van der Waals surface area contributed by atoms with E-state index in [1.165, 1.54) is 4.90 Å². The van der Waals surface area contributed by atoms with E-state index in [9.17, 15) is 22.8 Å². The lowest BCUT2D eigenvalue weighted by atomic mass is 10.1. The normalized spacial score (nSPS) is 11.1. The molecule has 2 aromatic rings. The van der Waals surface area contributed by atoms with Gasteiger partial charge in [-0.1, -0.05) is 18.2 Å². The summed E-state index contributed by atoms with van der Waals surface area (Å²) in [6.45, 7) is 0.0409. The summed E-state index contributed by atoms with van der Waals surface area (Å²) < 4.78 is 37.8. The van der Waals surface area contributed by atoms with Crippen molar-refractivity contribution in [1.82, 2.24) is 0 Å². The number of nitrogens with two attached hydrogens (primary N) is 1. The number of carbonyl (C=O) groups is 2. The molecule has 2 rings (SSSR count). The minimum absolute atomic E-state index is 0.0409. The van der Waals surface area contributed by atoms with Crippen molar-refractivity contribution >= 4 is 17.5 Å². The Labute approximate surface area is 136 Å². The van der Waals surface area contributed by atoms with Crippen LogP contribution < -0.4 is 10.6 Å². The summed E-state index contributed by atoms with van der Waals surface area (Å²) in [6.07, 6.45) is -4.52. The molecule has 0 aliphatic carbocycles. The van der Waals surface area contributed by atoms with Gasteiger partial charge in [-0.15, -0.1) is 0 Å². The van der Waals surface area contributed by atoms with E-state index >= 15 is 0 Å². The second-order valence-electron chi connectivity index (χ2n) is 5.08. The van der Waals surface area contributed by atoms with Gasteiger partial charge in [0.05, 0.1) is 5.56 Å². The van der Waals surface area contributed by atoms with Crippen LogP contribution in [-0.4, -0.2) is 18.4 Å². The predicted octanol–water partition coefficient (Wildman–Crippen LogP) is 3.23. The van der Waals surface area contributed by atoms with Crippen LogP contribution in [0.4, 0.5) is 18.9 Å². The summed E-state index contributed by atoms with van der Waals surface area (Å²) in [4.78, 5) is 24.9. The van der Waals surface area contributed by atoms with Crippen LogP contribution in [-0.2, 0) is 11.0 Å². The average molecular weight is 336 g/mol. The van der Waals surface area contributed by atoms with Gasteiger partial charge in [0.2, 0.25) is 5.91 Å². The molecular formula is C17H15F3N2O2. The van der Waals surface area contributed by atoms with Crippen LogP contribution in [0.15, 0.2) is 54.6 Å². The van der Waals surface area contributed by atoms with Crippen molar-refractivity contribution in [3.8, 4) is 0 Å². The molecule has 4 nitrogen and oxygen atoms in total. The minimum atomic E-state index is -4.47. The van der Waals surface area contributed by atoms with Gasteiger partial charge in [0, 0.05) is 24.2 Å². The Morgan fingerprint density at radius 2 is 1.54 bits per heavy atom. The Morgan fingerprint density at radius 1 is 0.958 bits per heavy atom. The predicted molar refractivity (Wildman–Crippen MR) is 83.4 cm³/mol. The average Bonchev–Trinajstić information content (AvgIpc) is 2.55. The summed E-state index contributed by atoms with van der Waals surface area (Å²) >= 11 is 0. The Bertz CT molecular complexity index is 713. The number of nitrogens with zero attached hydrogens (tertiary/aromatic N) is 1. The molecule has 0 spiro atoms. The Balaban J connectivity index is 2.28. The van der Waals surface area contributed by atoms with Crippen LogP contribution >= 0.6 is 0 Å². The highest BCUT2D eigenvalue weighted by atomic mass is 19.4. The number of hydrogen-bond acceptors (Lipinski definition) is 2. The fourth-order valence-electron chi connectivity index (χ4n) is 2.14. The molecule has 0 saturated carbocycles. The quantitative estimate of drug-likeness (QED) is 0.911. The van der Waals surface area contributed by atoms with Gasteiger partial charge in [0.15, 0.2) is 0 Å². The lowest BCUT2D eigenvalue weighted by molar-refractivity contribution is -0.137. The molecule has 0 atom stereocenters. The molecule has 0 bridgehead atoms. The van der Waals surface area contributed by atoms with Gasteiger partial charge >= 0.3 is 6.18 Å². The number of primary amides is 1. The summed E-state index contributed by atoms with van der Waals surface area (Å²) in [6, 6.07) is 12.5. The third kappa shape index (κ3) is 4.34. The number of hydrogen-bond donors (Lipinski definition) is 1. The van der Waals surface area contributed by atoms with Crippen LogP contribution in [0.2, 0.25) is 0 Å². The van der Waals surface area contributed by atoms with Gasteiger partial charge in [0.25, 0.3) is 5.91 Å². The van der Waals surface area contributed by atoms with E-state index in [2.05, 4.69) is 0 Å². The molecule has 0 radical (unpaired) electrons. The van der Waals surface area contributed by atoms with E-state index in [1.54, 1.807) is 30.3 Å². The third-order valence-electron chi connectivity index (χ3n) is 3.35. The summed E-state index contributed by atoms with van der Waals surface area (Å²) in [5, 5.41) is 0. The molecule has 24 heavy (non-hydrogen) atoms. The summed E-state index contributed by atoms with van der Waals surface area (Å²) in [5.41, 5.74) is 4.92. The molecule has 7 heteroatoms. The van der Waals surface area contributed by atoms with Crippen LogP contribution in [0.25, 0.3) is 0 Å². The van der Waals surface area contributed by atoms with E-state index in [0.29, 0.717) is 5.69 Å². The molecule has 2 N–H and O–H groups in total. The monoisotopic (exact) mass is 336 g/mol. The van der Waals surface area contributed by atoms with Crippen molar-refractivity contribution in [1.29, 1.82) is 0 Å². The number of rotatable bonds is 5. The number of para-hydroxylation sites is 1. The van der Waals surface area contributed by atoms with Crippen LogP contribution in [0.1, 0.15) is 22.3 Å². The molecule has 0 aliphatic rings. The van der Waals surface area contributed by atoms with E-state index in [-0.39, 0.29) is 18.5 Å². The standard InChI is InChI=1S/C17H15F3N2O2/c18-17(19,20)13-8-6-12(7-9-13)16(24)22(11-10-15(21)23)14-4-2-1-3-5-14/h1-9H,10-11H2,(H2,21,23). The van der Waals surface area contributed by atoms with Crippen LogP contribution in [0.5, 0.6) is 0 Å². The number of benzene rings is 2. The van der Waals surface area contributed by atoms with Gasteiger partial charge in [-0.3, -0.25) is 9.59 Å². The van der Waals surface area contributed by atoms with Crippen molar-refractivity contribution in [3.05, 3.63) is 65.7 Å². The zero-order valence-corrected chi connectivity index (χ0v) is 12.6. The van der Waals surface area contributed by atoms with Crippen LogP contribution in [0.3, 0.4) is 0 Å². The highest BCUT2D eigenvalue weighted by Crippen LogP contribution is 2.29. The molecule has 0 unspecified atom stereocenters. The lowest BCUT2D eigenvalue weighted by Crippen LogP contribution is -2.34. The molecular weight excluding hydrogens is 321 g/mol. The highest BCUT2D eigenvalue weighted by Gasteiger charge is 2.30. The molecule has 0 saturated heterocycles. The summed E-state index contributed by atoms with van der Waals surface area (Å²) in [5.74, 6) is -1.08. The number of anilines is 1. The Morgan fingerprint density at radius 3 is 2.04 bits per heavy atom. The van der Waals surface area contributed by atoms with Gasteiger partial charge < -0.3 is 10.6 Å². The largest absolute Gasteiger partial charge is 0.416 e. The maximum atomic E-state index is 12.6. The zero-order valence-electron chi connectivity index (χ0n) is 12.6. The van der Waals surface area contributed by atoms with Crippen molar-refractivity contribution in [2.45, 2.75) is 12.6 Å². The van der Waals surface area contributed by atoms with Gasteiger partial charge in [-0.25, -0.2) is 0 Å². The SMILES string of the molecule is NC(=O)CCN(C(=O)c1ccc(C(F)(F)F)cc1)c1ccccc1. The number of alkyl halides is 3. The maximum Gasteiger partial charge on any atom is 0.416 e. The molecule has 0 aliphatic heterocycles. The number of carbonyl (C=O) groups excluding carboxylic acids is 2. The fraction of sp³-hybridized carbons (Fsp3) is 0.176. The second-order valence-corrected chi connectivity index (χ2v) is 5.08. The van der Waals surface area contributed by atoms with Gasteiger partial charge in [-0.05, 0) is 36.4 Å². The molecule has 0 fully saturated rings. The molecule has 2 aromatic carbocycles. The van der Waals surface area contributed by atoms with E-state index in [1.807, 2.05) is 0 Å². The first-order valence-corrected chi connectivity index (χ1v) is 7.11. The van der Waals surface area contributed by atoms with Crippen molar-refractivity contribution in [2.24, 2.45) is 5.73 Å². The first-order chi connectivity index (χ1) is 11.3. The highest BCUT2D eigenvalue weighted by molar-refractivity contribution is 6.06. The van der Waals surface area contributed by atoms with Crippen molar-refractivity contribution < 1.29 is 22.8 Å². The van der Waals surface area contributed by atoms with Crippen molar-refractivity contribution in [3.63, 3.8) is 0 Å². The summed E-state index contributed by atoms with van der Waals surface area (Å²) in [7, 11) is 0. The third-order valence-corrected chi connectivity index (χ3v) is 3.35. The molecule has 0 heterocycles. The maximum absolute atomic E-state index is 12.6. The lowest BCUT2D eigenvalue weighted by Gasteiger charge is -2.22. The van der Waals surface area contributed by atoms with Gasteiger partial charge in [-0.2, -0.15) is 13.2 Å². The topological polar surface area (TPSA) is 63.4 Å².